The van der Waals surface area contributed by atoms with E-state index >= 15 is 0 Å². The zero-order valence-corrected chi connectivity index (χ0v) is 22.0. The molecule has 30 heavy (non-hydrogen) atoms. The predicted octanol–water partition coefficient (Wildman–Crippen LogP) is 8.86. The summed E-state index contributed by atoms with van der Waals surface area (Å²) in [6.45, 7) is 7.21. The number of rotatable bonds is 25. The van der Waals surface area contributed by atoms with Crippen molar-refractivity contribution in [3.05, 3.63) is 0 Å². The standard InChI is InChI=1S/C25H52ClO3P/c1-3-5-7-9-11-13-15-17-19-28-21-23-30(27,25-26)24-22-29-20-18-16-14-12-10-8-6-4-2/h3-25H2,1-2H3. The number of ether oxygens (including phenoxy) is 2. The summed E-state index contributed by atoms with van der Waals surface area (Å²) >= 11 is 6.00. The van der Waals surface area contributed by atoms with Crippen molar-refractivity contribution >= 4 is 18.7 Å². The summed E-state index contributed by atoms with van der Waals surface area (Å²) < 4.78 is 24.2. The van der Waals surface area contributed by atoms with Crippen LogP contribution < -0.4 is 0 Å². The van der Waals surface area contributed by atoms with Gasteiger partial charge in [0.05, 0.1) is 18.8 Å². The van der Waals surface area contributed by atoms with Gasteiger partial charge in [-0.1, -0.05) is 104 Å². The average molecular weight is 467 g/mol. The fraction of sp³-hybridized carbons (Fsp3) is 1.00. The van der Waals surface area contributed by atoms with Crippen LogP contribution in [0.15, 0.2) is 0 Å². The number of hydrogen-bond acceptors (Lipinski definition) is 3. The summed E-state index contributed by atoms with van der Waals surface area (Å²) in [5.41, 5.74) is 0.245. The van der Waals surface area contributed by atoms with E-state index in [-0.39, 0.29) is 5.62 Å². The van der Waals surface area contributed by atoms with Crippen molar-refractivity contribution in [1.29, 1.82) is 0 Å². The molecular weight excluding hydrogens is 415 g/mol. The first-order valence-electron chi connectivity index (χ1n) is 13.0. The van der Waals surface area contributed by atoms with E-state index in [2.05, 4.69) is 13.8 Å². The molecule has 0 unspecified atom stereocenters. The van der Waals surface area contributed by atoms with Gasteiger partial charge in [0, 0.05) is 25.5 Å². The minimum atomic E-state index is -2.34. The van der Waals surface area contributed by atoms with Crippen LogP contribution in [-0.2, 0) is 14.0 Å². The first kappa shape index (κ1) is 30.4. The number of halogens is 1. The maximum absolute atomic E-state index is 12.8. The Balaban J connectivity index is 3.46. The predicted molar refractivity (Wildman–Crippen MR) is 135 cm³/mol. The summed E-state index contributed by atoms with van der Waals surface area (Å²) in [5.74, 6) is 0. The molecule has 0 aliphatic heterocycles. The number of alkyl halides is 1. The number of hydrogen-bond donors (Lipinski definition) is 0. The van der Waals surface area contributed by atoms with Crippen LogP contribution in [0.3, 0.4) is 0 Å². The topological polar surface area (TPSA) is 35.5 Å². The third-order valence-electron chi connectivity index (χ3n) is 5.79. The van der Waals surface area contributed by atoms with Crippen LogP contribution >= 0.6 is 18.7 Å². The summed E-state index contributed by atoms with van der Waals surface area (Å²) in [7, 11) is -2.34. The molecule has 0 bridgehead atoms. The third-order valence-corrected chi connectivity index (χ3v) is 9.53. The molecule has 0 amide bonds. The summed E-state index contributed by atoms with van der Waals surface area (Å²) in [4.78, 5) is 0. The highest BCUT2D eigenvalue weighted by Gasteiger charge is 2.20. The van der Waals surface area contributed by atoms with Crippen molar-refractivity contribution in [2.24, 2.45) is 0 Å². The molecule has 0 aromatic rings. The van der Waals surface area contributed by atoms with E-state index in [1.807, 2.05) is 0 Å². The largest absolute Gasteiger partial charge is 0.381 e. The molecule has 0 N–H and O–H groups in total. The molecule has 0 saturated carbocycles. The Morgan fingerprint density at radius 2 is 0.867 bits per heavy atom. The van der Waals surface area contributed by atoms with Crippen molar-refractivity contribution in [3.8, 4) is 0 Å². The molecule has 3 nitrogen and oxygen atoms in total. The molecule has 5 heteroatoms. The molecule has 0 rings (SSSR count). The molecule has 0 aliphatic rings. The molecule has 0 radical (unpaired) electrons. The summed E-state index contributed by atoms with van der Waals surface area (Å²) in [6, 6.07) is 0. The molecule has 0 spiro atoms. The van der Waals surface area contributed by atoms with Crippen molar-refractivity contribution in [2.75, 3.05) is 44.4 Å². The molecule has 182 valence electrons. The van der Waals surface area contributed by atoms with Gasteiger partial charge in [0.2, 0.25) is 0 Å². The summed E-state index contributed by atoms with van der Waals surface area (Å²) in [5, 5.41) is 0. The van der Waals surface area contributed by atoms with Gasteiger partial charge < -0.3 is 14.0 Å². The van der Waals surface area contributed by atoms with E-state index in [9.17, 15) is 4.57 Å². The lowest BCUT2D eigenvalue weighted by Gasteiger charge is -2.15. The molecule has 0 saturated heterocycles. The van der Waals surface area contributed by atoms with Crippen LogP contribution in [0, 0.1) is 0 Å². The van der Waals surface area contributed by atoms with Crippen LogP contribution in [0.25, 0.3) is 0 Å². The van der Waals surface area contributed by atoms with Crippen LogP contribution in [0.5, 0.6) is 0 Å². The van der Waals surface area contributed by atoms with Gasteiger partial charge in [0.25, 0.3) is 0 Å². The van der Waals surface area contributed by atoms with Gasteiger partial charge in [0.15, 0.2) is 0 Å². The van der Waals surface area contributed by atoms with Crippen LogP contribution in [0.1, 0.15) is 117 Å². The second kappa shape index (κ2) is 24.1. The van der Waals surface area contributed by atoms with Gasteiger partial charge in [-0.3, -0.25) is 0 Å². The zero-order chi connectivity index (χ0) is 22.2. The van der Waals surface area contributed by atoms with Crippen molar-refractivity contribution in [3.63, 3.8) is 0 Å². The van der Waals surface area contributed by atoms with Gasteiger partial charge in [-0.25, -0.2) is 0 Å². The van der Waals surface area contributed by atoms with E-state index < -0.39 is 7.14 Å². The fourth-order valence-corrected chi connectivity index (χ4v) is 5.68. The number of unbranched alkanes of at least 4 members (excludes halogenated alkanes) is 14. The van der Waals surface area contributed by atoms with Gasteiger partial charge >= 0.3 is 0 Å². The average Bonchev–Trinajstić information content (AvgIpc) is 2.76. The van der Waals surface area contributed by atoms with Gasteiger partial charge in [-0.15, -0.1) is 11.6 Å². The minimum Gasteiger partial charge on any atom is -0.381 e. The lowest BCUT2D eigenvalue weighted by atomic mass is 10.1. The first-order valence-corrected chi connectivity index (χ1v) is 15.8. The van der Waals surface area contributed by atoms with E-state index in [1.165, 1.54) is 89.9 Å². The van der Waals surface area contributed by atoms with Crippen LogP contribution in [0.4, 0.5) is 0 Å². The molecule has 0 atom stereocenters. The van der Waals surface area contributed by atoms with Gasteiger partial charge in [-0.05, 0) is 12.8 Å². The second-order valence-electron chi connectivity index (χ2n) is 8.80. The SMILES string of the molecule is CCCCCCCCCCOCCP(=O)(CCl)CCOCCCCCCCCCC. The Morgan fingerprint density at radius 1 is 0.533 bits per heavy atom. The Hall–Kier alpha value is 0.440. The normalized spacial score (nSPS) is 12.0. The van der Waals surface area contributed by atoms with Crippen molar-refractivity contribution in [1.82, 2.24) is 0 Å². The Kier molecular flexibility index (Phi) is 24.4. The molecule has 0 heterocycles. The van der Waals surface area contributed by atoms with Gasteiger partial charge in [-0.2, -0.15) is 0 Å². The smallest absolute Gasteiger partial charge is 0.106 e. The first-order chi connectivity index (χ1) is 14.7. The quantitative estimate of drug-likeness (QED) is 0.0765. The van der Waals surface area contributed by atoms with Crippen LogP contribution in [-0.4, -0.2) is 44.4 Å². The maximum Gasteiger partial charge on any atom is 0.106 e. The third kappa shape index (κ3) is 21.7. The molecule has 0 aliphatic carbocycles. The van der Waals surface area contributed by atoms with E-state index in [0.717, 1.165) is 26.1 Å². The fourth-order valence-electron chi connectivity index (χ4n) is 3.57. The molecule has 0 aromatic carbocycles. The highest BCUT2D eigenvalue weighted by atomic mass is 35.5. The Bertz CT molecular complexity index is 349. The molecule has 0 fully saturated rings. The lowest BCUT2D eigenvalue weighted by molar-refractivity contribution is 0.140. The summed E-state index contributed by atoms with van der Waals surface area (Å²) in [6.07, 6.45) is 22.1. The second-order valence-corrected chi connectivity index (χ2v) is 12.8. The highest BCUT2D eigenvalue weighted by Crippen LogP contribution is 2.45. The van der Waals surface area contributed by atoms with E-state index in [1.54, 1.807) is 0 Å². The lowest BCUT2D eigenvalue weighted by Crippen LogP contribution is -2.09. The van der Waals surface area contributed by atoms with E-state index in [4.69, 9.17) is 21.1 Å². The Morgan fingerprint density at radius 3 is 1.20 bits per heavy atom. The minimum absolute atomic E-state index is 0.245. The zero-order valence-electron chi connectivity index (χ0n) is 20.3. The van der Waals surface area contributed by atoms with Crippen molar-refractivity contribution in [2.45, 2.75) is 117 Å². The molecule has 0 aromatic heterocycles. The Labute approximate surface area is 193 Å². The van der Waals surface area contributed by atoms with Crippen molar-refractivity contribution < 1.29 is 14.0 Å². The maximum atomic E-state index is 12.8. The van der Waals surface area contributed by atoms with E-state index in [0.29, 0.717) is 25.5 Å². The van der Waals surface area contributed by atoms with Crippen LogP contribution in [0.2, 0.25) is 0 Å². The highest BCUT2D eigenvalue weighted by molar-refractivity contribution is 7.65. The van der Waals surface area contributed by atoms with Gasteiger partial charge in [0.1, 0.15) is 7.14 Å². The monoisotopic (exact) mass is 466 g/mol. The molecular formula is C25H52ClO3P.